The van der Waals surface area contributed by atoms with Crippen molar-refractivity contribution >= 4 is 11.4 Å². The molecule has 0 unspecified atom stereocenters. The highest BCUT2D eigenvalue weighted by atomic mass is 15.1. The molecule has 19 heavy (non-hydrogen) atoms. The molecule has 2 heterocycles. The van der Waals surface area contributed by atoms with Gasteiger partial charge in [0.2, 0.25) is 0 Å². The maximum Gasteiger partial charge on any atom is 0.0576 e. The maximum atomic E-state index is 4.33. The summed E-state index contributed by atoms with van der Waals surface area (Å²) >= 11 is 0. The summed E-state index contributed by atoms with van der Waals surface area (Å²) in [7, 11) is 0. The van der Waals surface area contributed by atoms with Crippen molar-refractivity contribution in [2.75, 3.05) is 23.3 Å². The summed E-state index contributed by atoms with van der Waals surface area (Å²) in [5, 5.41) is 3.32. The average molecular weight is 253 g/mol. The fourth-order valence-electron chi connectivity index (χ4n) is 2.62. The van der Waals surface area contributed by atoms with Gasteiger partial charge in [-0.15, -0.1) is 0 Å². The normalized spacial score (nSPS) is 14.1. The Bertz CT molecular complexity index is 565. The molecule has 1 aliphatic rings. The molecule has 1 aromatic carbocycles. The van der Waals surface area contributed by atoms with Crippen LogP contribution in [0.2, 0.25) is 0 Å². The summed E-state index contributed by atoms with van der Waals surface area (Å²) in [6.45, 7) is 5.07. The van der Waals surface area contributed by atoms with Gasteiger partial charge in [0, 0.05) is 19.6 Å². The van der Waals surface area contributed by atoms with Crippen molar-refractivity contribution in [2.45, 2.75) is 19.9 Å². The second-order valence-corrected chi connectivity index (χ2v) is 4.90. The van der Waals surface area contributed by atoms with E-state index in [0.29, 0.717) is 0 Å². The Kier molecular flexibility index (Phi) is 3.36. The van der Waals surface area contributed by atoms with Crippen molar-refractivity contribution < 1.29 is 0 Å². The van der Waals surface area contributed by atoms with Crippen LogP contribution >= 0.6 is 0 Å². The minimum Gasteiger partial charge on any atom is -0.384 e. The van der Waals surface area contributed by atoms with Crippen LogP contribution in [0.4, 0.5) is 11.4 Å². The molecule has 0 saturated carbocycles. The minimum absolute atomic E-state index is 0.925. The van der Waals surface area contributed by atoms with Crippen LogP contribution in [-0.4, -0.2) is 18.1 Å². The number of aromatic nitrogens is 1. The second-order valence-electron chi connectivity index (χ2n) is 4.90. The smallest absolute Gasteiger partial charge is 0.0576 e. The number of rotatable bonds is 3. The number of nitrogens with one attached hydrogen (secondary N) is 1. The molecule has 98 valence electrons. The third-order valence-corrected chi connectivity index (χ3v) is 3.60. The Morgan fingerprint density at radius 3 is 2.89 bits per heavy atom. The van der Waals surface area contributed by atoms with E-state index in [4.69, 9.17) is 0 Å². The van der Waals surface area contributed by atoms with Crippen LogP contribution < -0.4 is 10.2 Å². The van der Waals surface area contributed by atoms with Crippen LogP contribution in [0.15, 0.2) is 42.7 Å². The first-order valence-corrected chi connectivity index (χ1v) is 6.87. The zero-order chi connectivity index (χ0) is 13.1. The van der Waals surface area contributed by atoms with Crippen LogP contribution in [0.25, 0.3) is 0 Å². The number of pyridine rings is 1. The fourth-order valence-corrected chi connectivity index (χ4v) is 2.62. The Hall–Kier alpha value is -2.03. The third-order valence-electron chi connectivity index (χ3n) is 3.60. The SMILES string of the molecule is CCNc1cncc(N2CCc3ccccc3C2)c1. The van der Waals surface area contributed by atoms with Crippen molar-refractivity contribution in [1.82, 2.24) is 4.98 Å². The van der Waals surface area contributed by atoms with Gasteiger partial charge in [0.05, 0.1) is 23.8 Å². The quantitative estimate of drug-likeness (QED) is 0.911. The predicted molar refractivity (Wildman–Crippen MR) is 79.6 cm³/mol. The third kappa shape index (κ3) is 2.55. The van der Waals surface area contributed by atoms with Crippen molar-refractivity contribution in [1.29, 1.82) is 0 Å². The molecule has 3 heteroatoms. The molecule has 0 spiro atoms. The lowest BCUT2D eigenvalue weighted by Crippen LogP contribution is -2.30. The van der Waals surface area contributed by atoms with Gasteiger partial charge >= 0.3 is 0 Å². The summed E-state index contributed by atoms with van der Waals surface area (Å²) in [5.74, 6) is 0. The zero-order valence-electron chi connectivity index (χ0n) is 11.3. The van der Waals surface area contributed by atoms with E-state index in [-0.39, 0.29) is 0 Å². The van der Waals surface area contributed by atoms with E-state index in [1.54, 1.807) is 0 Å². The van der Waals surface area contributed by atoms with Gasteiger partial charge in [-0.05, 0) is 30.5 Å². The Morgan fingerprint density at radius 2 is 2.05 bits per heavy atom. The first kappa shape index (κ1) is 12.0. The number of nitrogens with zero attached hydrogens (tertiary/aromatic N) is 2. The monoisotopic (exact) mass is 253 g/mol. The van der Waals surface area contributed by atoms with Gasteiger partial charge in [0.15, 0.2) is 0 Å². The summed E-state index contributed by atoms with van der Waals surface area (Å²) < 4.78 is 0. The van der Waals surface area contributed by atoms with Gasteiger partial charge in [-0.25, -0.2) is 0 Å². The molecule has 0 amide bonds. The molecular weight excluding hydrogens is 234 g/mol. The van der Waals surface area contributed by atoms with E-state index in [0.717, 1.165) is 31.7 Å². The topological polar surface area (TPSA) is 28.2 Å². The maximum absolute atomic E-state index is 4.33. The molecule has 2 aromatic rings. The fraction of sp³-hybridized carbons (Fsp3) is 0.312. The number of hydrogen-bond acceptors (Lipinski definition) is 3. The van der Waals surface area contributed by atoms with Crippen molar-refractivity contribution in [2.24, 2.45) is 0 Å². The van der Waals surface area contributed by atoms with Crippen molar-refractivity contribution in [3.8, 4) is 0 Å². The summed E-state index contributed by atoms with van der Waals surface area (Å²) in [4.78, 5) is 6.73. The molecule has 0 bridgehead atoms. The number of hydrogen-bond donors (Lipinski definition) is 1. The van der Waals surface area contributed by atoms with E-state index in [1.165, 1.54) is 16.8 Å². The number of fused-ring (bicyclic) bond motifs is 1. The van der Waals surface area contributed by atoms with Crippen LogP contribution in [0.1, 0.15) is 18.1 Å². The minimum atomic E-state index is 0.925. The summed E-state index contributed by atoms with van der Waals surface area (Å²) in [5.41, 5.74) is 5.21. The van der Waals surface area contributed by atoms with Gasteiger partial charge < -0.3 is 10.2 Å². The highest BCUT2D eigenvalue weighted by Gasteiger charge is 2.16. The molecule has 1 aromatic heterocycles. The Balaban J connectivity index is 1.82. The van der Waals surface area contributed by atoms with E-state index in [9.17, 15) is 0 Å². The molecule has 0 saturated heterocycles. The Morgan fingerprint density at radius 1 is 1.21 bits per heavy atom. The van der Waals surface area contributed by atoms with Crippen LogP contribution in [0, 0.1) is 0 Å². The first-order chi connectivity index (χ1) is 9.36. The van der Waals surface area contributed by atoms with Crippen LogP contribution in [0.5, 0.6) is 0 Å². The molecule has 0 aliphatic carbocycles. The highest BCUT2D eigenvalue weighted by molar-refractivity contribution is 5.56. The zero-order valence-corrected chi connectivity index (χ0v) is 11.3. The van der Waals surface area contributed by atoms with E-state index in [2.05, 4.69) is 52.5 Å². The highest BCUT2D eigenvalue weighted by Crippen LogP contribution is 2.25. The van der Waals surface area contributed by atoms with Gasteiger partial charge in [-0.2, -0.15) is 0 Å². The summed E-state index contributed by atoms with van der Waals surface area (Å²) in [6, 6.07) is 10.9. The van der Waals surface area contributed by atoms with E-state index >= 15 is 0 Å². The van der Waals surface area contributed by atoms with Gasteiger partial charge in [-0.3, -0.25) is 4.98 Å². The average Bonchev–Trinajstić information content (AvgIpc) is 2.47. The Labute approximate surface area is 114 Å². The number of benzene rings is 1. The van der Waals surface area contributed by atoms with Gasteiger partial charge in [0.1, 0.15) is 0 Å². The molecule has 3 nitrogen and oxygen atoms in total. The van der Waals surface area contributed by atoms with Crippen LogP contribution in [-0.2, 0) is 13.0 Å². The van der Waals surface area contributed by atoms with Gasteiger partial charge in [0.25, 0.3) is 0 Å². The standard InChI is InChI=1S/C16H19N3/c1-2-18-15-9-16(11-17-10-15)19-8-7-13-5-3-4-6-14(13)12-19/h3-6,9-11,18H,2,7-8,12H2,1H3. The first-order valence-electron chi connectivity index (χ1n) is 6.87. The van der Waals surface area contributed by atoms with Gasteiger partial charge in [-0.1, -0.05) is 24.3 Å². The molecule has 0 atom stereocenters. The molecule has 0 fully saturated rings. The molecular formula is C16H19N3. The molecule has 1 N–H and O–H groups in total. The van der Waals surface area contributed by atoms with E-state index in [1.807, 2.05) is 12.4 Å². The lowest BCUT2D eigenvalue weighted by atomic mass is 10.00. The van der Waals surface area contributed by atoms with Crippen LogP contribution in [0.3, 0.4) is 0 Å². The van der Waals surface area contributed by atoms with E-state index < -0.39 is 0 Å². The lowest BCUT2D eigenvalue weighted by molar-refractivity contribution is 0.730. The van der Waals surface area contributed by atoms with Crippen molar-refractivity contribution in [3.05, 3.63) is 53.9 Å². The number of anilines is 2. The lowest BCUT2D eigenvalue weighted by Gasteiger charge is -2.30. The molecule has 0 radical (unpaired) electrons. The molecule has 1 aliphatic heterocycles. The summed E-state index contributed by atoms with van der Waals surface area (Å²) in [6.07, 6.45) is 4.95. The largest absolute Gasteiger partial charge is 0.384 e. The molecule has 3 rings (SSSR count). The van der Waals surface area contributed by atoms with Crippen molar-refractivity contribution in [3.63, 3.8) is 0 Å². The predicted octanol–water partition coefficient (Wildman–Crippen LogP) is 3.08. The second kappa shape index (κ2) is 5.31.